The predicted molar refractivity (Wildman–Crippen MR) is 101 cm³/mol. The summed E-state index contributed by atoms with van der Waals surface area (Å²) in [5.74, 6) is 0.652. The first-order valence-corrected chi connectivity index (χ1v) is 13.9. The predicted octanol–water partition coefficient (Wildman–Crippen LogP) is 4.91. The maximum Gasteiger partial charge on any atom is -0.0548 e. The van der Waals surface area contributed by atoms with Gasteiger partial charge < -0.3 is 21.5 Å². The molecule has 116 valence electrons. The number of piperidine rings is 1. The SMILES string of the molecule is C1=CC(C2CCC[N-]C2)=C[N-]C1.[Cl][Sn][Cl].[N-]=C=S.[N-]=C=S. The fourth-order valence-corrected chi connectivity index (χ4v) is 1.75. The zero-order chi connectivity index (χ0) is 16.3. The average molecular weight is 468 g/mol. The van der Waals surface area contributed by atoms with Gasteiger partial charge in [-0.1, -0.05) is 42.5 Å². The molecule has 0 amide bonds. The van der Waals surface area contributed by atoms with E-state index in [0.717, 1.165) is 19.6 Å². The van der Waals surface area contributed by atoms with E-state index in [9.17, 15) is 0 Å². The molecule has 9 heteroatoms. The molecule has 1 atom stereocenters. The van der Waals surface area contributed by atoms with Gasteiger partial charge in [0, 0.05) is 0 Å². The first kappa shape index (κ1) is 23.5. The van der Waals surface area contributed by atoms with Crippen molar-refractivity contribution >= 4 is 71.5 Å². The fraction of sp³-hybridized carbons (Fsp3) is 0.500. The third kappa shape index (κ3) is 16.4. The van der Waals surface area contributed by atoms with Gasteiger partial charge in [-0.25, -0.2) is 0 Å². The largest absolute Gasteiger partial charge is 0.753 e. The molecule has 0 bridgehead atoms. The number of halogens is 2. The molecule has 2 radical (unpaired) electrons. The Morgan fingerprint density at radius 2 is 1.86 bits per heavy atom. The van der Waals surface area contributed by atoms with Crippen LogP contribution < -0.4 is 0 Å². The summed E-state index contributed by atoms with van der Waals surface area (Å²) in [6, 6.07) is 0. The smallest absolute Gasteiger partial charge is 0.0548 e. The van der Waals surface area contributed by atoms with Crippen LogP contribution in [0.5, 0.6) is 0 Å². The number of nitrogens with zero attached hydrogens (tertiary/aromatic N) is 4. The summed E-state index contributed by atoms with van der Waals surface area (Å²) in [5, 5.41) is 25.6. The molecule has 0 aromatic heterocycles. The third-order valence-electron chi connectivity index (χ3n) is 2.45. The second-order valence-corrected chi connectivity index (χ2v) is 8.23. The van der Waals surface area contributed by atoms with Crippen LogP contribution in [0.2, 0.25) is 0 Å². The van der Waals surface area contributed by atoms with Crippen molar-refractivity contribution < 1.29 is 0 Å². The normalized spacial score (nSPS) is 18.4. The summed E-state index contributed by atoms with van der Waals surface area (Å²) in [6.45, 7) is 2.92. The minimum atomic E-state index is -0.826. The molecule has 1 saturated heterocycles. The Bertz CT molecular complexity index is 361. The van der Waals surface area contributed by atoms with Gasteiger partial charge in [0.1, 0.15) is 0 Å². The summed E-state index contributed by atoms with van der Waals surface area (Å²) in [4.78, 5) is 0. The number of rotatable bonds is 1. The van der Waals surface area contributed by atoms with Gasteiger partial charge in [-0.05, 0) is 12.3 Å². The van der Waals surface area contributed by atoms with Crippen molar-refractivity contribution in [3.63, 3.8) is 0 Å². The number of isothiocyanates is 2. The van der Waals surface area contributed by atoms with Crippen molar-refractivity contribution in [1.82, 2.24) is 0 Å². The van der Waals surface area contributed by atoms with Crippen LogP contribution in [-0.4, -0.2) is 48.8 Å². The Morgan fingerprint density at radius 3 is 2.24 bits per heavy atom. The van der Waals surface area contributed by atoms with Gasteiger partial charge in [0.2, 0.25) is 0 Å². The molecule has 1 fully saturated rings. The van der Waals surface area contributed by atoms with E-state index >= 15 is 0 Å². The van der Waals surface area contributed by atoms with E-state index in [1.165, 1.54) is 28.7 Å². The first-order chi connectivity index (χ1) is 10.2. The van der Waals surface area contributed by atoms with Gasteiger partial charge >= 0.3 is 36.7 Å². The molecule has 1 unspecified atom stereocenters. The molecule has 2 aliphatic rings. The first-order valence-electron chi connectivity index (χ1n) is 5.86. The molecule has 2 aliphatic heterocycles. The number of hydrogen-bond acceptors (Lipinski definition) is 2. The Labute approximate surface area is 154 Å². The molecule has 0 aromatic rings. The zero-order valence-electron chi connectivity index (χ0n) is 11.2. The third-order valence-corrected chi connectivity index (χ3v) is 2.45. The Morgan fingerprint density at radius 1 is 1.29 bits per heavy atom. The average Bonchev–Trinajstić information content (AvgIpc) is 2.51. The monoisotopic (exact) mass is 468 g/mol. The zero-order valence-corrected chi connectivity index (χ0v) is 17.2. The van der Waals surface area contributed by atoms with Gasteiger partial charge in [-0.15, -0.1) is 25.7 Å². The number of allylic oxidation sites excluding steroid dienone is 1. The van der Waals surface area contributed by atoms with E-state index in [-0.39, 0.29) is 0 Å². The van der Waals surface area contributed by atoms with E-state index in [0.29, 0.717) is 5.92 Å². The van der Waals surface area contributed by atoms with E-state index in [2.05, 4.69) is 47.2 Å². The summed E-state index contributed by atoms with van der Waals surface area (Å²) in [6.07, 6.45) is 8.89. The molecule has 4 nitrogen and oxygen atoms in total. The molecule has 0 N–H and O–H groups in total. The van der Waals surface area contributed by atoms with Crippen molar-refractivity contribution in [2.45, 2.75) is 12.8 Å². The van der Waals surface area contributed by atoms with Crippen molar-refractivity contribution in [1.29, 1.82) is 0 Å². The van der Waals surface area contributed by atoms with Crippen LogP contribution in [-0.2, 0) is 0 Å². The number of thiocarbonyl (C=S) groups is 2. The minimum absolute atomic E-state index is 0.652. The van der Waals surface area contributed by atoms with E-state index < -0.39 is 18.9 Å². The van der Waals surface area contributed by atoms with E-state index in [4.69, 9.17) is 28.7 Å². The maximum absolute atomic E-state index is 7.13. The molecule has 0 aromatic carbocycles. The van der Waals surface area contributed by atoms with Gasteiger partial charge in [-0.2, -0.15) is 16.5 Å². The summed E-state index contributed by atoms with van der Waals surface area (Å²) in [5.41, 5.74) is 1.38. The van der Waals surface area contributed by atoms with Gasteiger partial charge in [0.25, 0.3) is 0 Å². The van der Waals surface area contributed by atoms with Gasteiger partial charge in [0.15, 0.2) is 0 Å². The standard InChI is InChI=1S/C10H14N2.2CNS.2ClH.Sn/c1-3-9(7-11-5-1)10-4-2-6-12-8-10;2*2-1-3;;;/h1,3,7,10H,2,4-6,8H2;;;2*1H;/q-2;2*-1;;;+2/p-2. The minimum Gasteiger partial charge on any atom is -0.753 e. The second-order valence-electron chi connectivity index (χ2n) is 3.62. The van der Waals surface area contributed by atoms with Gasteiger partial charge in [-0.3, -0.25) is 0 Å². The molecule has 0 spiro atoms. The van der Waals surface area contributed by atoms with Crippen LogP contribution in [0, 0.1) is 5.92 Å². The topological polar surface area (TPSA) is 72.8 Å². The van der Waals surface area contributed by atoms with E-state index in [1.807, 2.05) is 6.20 Å². The number of hydrogen-bond donors (Lipinski definition) is 0. The van der Waals surface area contributed by atoms with Crippen LogP contribution in [0.25, 0.3) is 21.5 Å². The quantitative estimate of drug-likeness (QED) is 0.312. The summed E-state index contributed by atoms with van der Waals surface area (Å²) >= 11 is 6.57. The Hall–Kier alpha value is 0.219. The summed E-state index contributed by atoms with van der Waals surface area (Å²) < 4.78 is 0. The van der Waals surface area contributed by atoms with Crippen molar-refractivity contribution in [2.24, 2.45) is 5.92 Å². The molecule has 0 aliphatic carbocycles. The molecular weight excluding hydrogens is 454 g/mol. The molecule has 2 rings (SSSR count). The van der Waals surface area contributed by atoms with Crippen molar-refractivity contribution in [3.8, 4) is 0 Å². The molecule has 0 saturated carbocycles. The van der Waals surface area contributed by atoms with Gasteiger partial charge in [0.05, 0.1) is 0 Å². The fourth-order valence-electron chi connectivity index (χ4n) is 1.75. The van der Waals surface area contributed by atoms with Crippen LogP contribution in [0.4, 0.5) is 0 Å². The molecule has 21 heavy (non-hydrogen) atoms. The second kappa shape index (κ2) is 20.2. The molecule has 2 heterocycles. The van der Waals surface area contributed by atoms with E-state index in [1.54, 1.807) is 0 Å². The maximum atomic E-state index is 7.13. The van der Waals surface area contributed by atoms with Crippen LogP contribution in [0.15, 0.2) is 23.9 Å². The molecular formula is C12H14Cl2N4S2Sn-4. The Kier molecular flexibility index (Phi) is 22.6. The van der Waals surface area contributed by atoms with Crippen molar-refractivity contribution in [2.75, 3.05) is 19.6 Å². The Balaban J connectivity index is 0. The van der Waals surface area contributed by atoms with Crippen LogP contribution in [0.3, 0.4) is 0 Å². The summed E-state index contributed by atoms with van der Waals surface area (Å²) in [7, 11) is 9.87. The van der Waals surface area contributed by atoms with Crippen LogP contribution >= 0.6 is 42.3 Å². The van der Waals surface area contributed by atoms with Crippen molar-refractivity contribution in [3.05, 3.63) is 45.4 Å². The van der Waals surface area contributed by atoms with Crippen LogP contribution in [0.1, 0.15) is 12.8 Å².